The maximum absolute atomic E-state index is 14.3. The number of ether oxygens (including phenoxy) is 1. The Balaban J connectivity index is 1.39. The van der Waals surface area contributed by atoms with E-state index in [1.54, 1.807) is 24.5 Å². The zero-order valence-electron chi connectivity index (χ0n) is 16.1. The number of hydrogen-bond donors (Lipinski definition) is 1. The third kappa shape index (κ3) is 4.09. The predicted octanol–water partition coefficient (Wildman–Crippen LogP) is 5.62. The van der Waals surface area contributed by atoms with Gasteiger partial charge in [0, 0.05) is 48.3 Å². The lowest BCUT2D eigenvalue weighted by molar-refractivity contribution is -0.140. The lowest BCUT2D eigenvalue weighted by Gasteiger charge is -2.45. The fourth-order valence-corrected chi connectivity index (χ4v) is 3.85. The minimum atomic E-state index is -4.78. The first-order chi connectivity index (χ1) is 14.1. The minimum Gasteiger partial charge on any atom is -0.490 e. The molecule has 4 rings (SSSR count). The molecule has 0 unspecified atom stereocenters. The fourth-order valence-electron chi connectivity index (χ4n) is 3.85. The van der Waals surface area contributed by atoms with E-state index < -0.39 is 17.6 Å². The van der Waals surface area contributed by atoms with Gasteiger partial charge < -0.3 is 10.1 Å². The Bertz CT molecular complexity index is 1080. The van der Waals surface area contributed by atoms with E-state index in [4.69, 9.17) is 4.74 Å². The van der Waals surface area contributed by atoms with Gasteiger partial charge in [-0.25, -0.2) is 8.78 Å². The monoisotopic (exact) mass is 422 g/mol. The van der Waals surface area contributed by atoms with Gasteiger partial charge in [-0.1, -0.05) is 0 Å². The van der Waals surface area contributed by atoms with Crippen LogP contribution in [0.5, 0.6) is 5.75 Å². The zero-order valence-corrected chi connectivity index (χ0v) is 16.1. The van der Waals surface area contributed by atoms with Gasteiger partial charge in [-0.2, -0.15) is 13.2 Å². The van der Waals surface area contributed by atoms with Crippen molar-refractivity contribution in [2.45, 2.75) is 44.1 Å². The van der Waals surface area contributed by atoms with Crippen molar-refractivity contribution in [1.82, 2.24) is 10.3 Å². The molecular formula is C22H19F5N2O. The molecule has 158 valence electrons. The summed E-state index contributed by atoms with van der Waals surface area (Å²) in [6, 6.07) is 7.46. The van der Waals surface area contributed by atoms with Crippen LogP contribution in [0.2, 0.25) is 0 Å². The molecule has 0 amide bonds. The first kappa shape index (κ1) is 20.5. The SMILES string of the molecule is CC1(NCc2c(F)ccc3cnccc23)CC(Oc2ccc(F)c(C(F)(F)F)c2)C1. The Kier molecular flexibility index (Phi) is 5.13. The molecule has 1 fully saturated rings. The van der Waals surface area contributed by atoms with Crippen LogP contribution in [0.25, 0.3) is 10.8 Å². The second-order valence-corrected chi connectivity index (χ2v) is 7.82. The summed E-state index contributed by atoms with van der Waals surface area (Å²) < 4.78 is 71.9. The number of rotatable bonds is 5. The number of nitrogens with one attached hydrogen (secondary N) is 1. The van der Waals surface area contributed by atoms with Gasteiger partial charge in [0.05, 0.1) is 5.56 Å². The van der Waals surface area contributed by atoms with Crippen molar-refractivity contribution in [3.8, 4) is 5.75 Å². The molecule has 0 saturated heterocycles. The molecule has 1 aliphatic rings. The second-order valence-electron chi connectivity index (χ2n) is 7.82. The van der Waals surface area contributed by atoms with Crippen LogP contribution in [-0.4, -0.2) is 16.6 Å². The number of fused-ring (bicyclic) bond motifs is 1. The minimum absolute atomic E-state index is 0.0247. The summed E-state index contributed by atoms with van der Waals surface area (Å²) in [7, 11) is 0. The normalized spacial score (nSPS) is 21.5. The van der Waals surface area contributed by atoms with Crippen molar-refractivity contribution in [3.05, 3.63) is 71.6 Å². The van der Waals surface area contributed by atoms with Gasteiger partial charge in [-0.15, -0.1) is 0 Å². The highest BCUT2D eigenvalue weighted by Crippen LogP contribution is 2.38. The predicted molar refractivity (Wildman–Crippen MR) is 102 cm³/mol. The van der Waals surface area contributed by atoms with E-state index in [2.05, 4.69) is 10.3 Å². The molecule has 3 nitrogen and oxygen atoms in total. The van der Waals surface area contributed by atoms with Crippen molar-refractivity contribution in [1.29, 1.82) is 0 Å². The highest BCUT2D eigenvalue weighted by molar-refractivity contribution is 5.84. The van der Waals surface area contributed by atoms with Crippen LogP contribution in [0.3, 0.4) is 0 Å². The third-order valence-corrected chi connectivity index (χ3v) is 5.47. The quantitative estimate of drug-likeness (QED) is 0.542. The second kappa shape index (κ2) is 7.50. The molecule has 8 heteroatoms. The first-order valence-electron chi connectivity index (χ1n) is 9.44. The number of hydrogen-bond acceptors (Lipinski definition) is 3. The number of nitrogens with zero attached hydrogens (tertiary/aromatic N) is 1. The number of benzene rings is 2. The summed E-state index contributed by atoms with van der Waals surface area (Å²) in [6.45, 7) is 2.24. The number of aromatic nitrogens is 1. The van der Waals surface area contributed by atoms with Crippen LogP contribution in [0.4, 0.5) is 22.0 Å². The standard InChI is InChI=1S/C22H19F5N2O/c1-21(29-12-17-16-6-7-28-11-13(16)2-4-19(17)23)9-15(10-21)30-14-3-5-20(24)18(8-14)22(25,26)27/h2-8,11,15,29H,9-10,12H2,1H3. The van der Waals surface area contributed by atoms with Crippen molar-refractivity contribution in [2.24, 2.45) is 0 Å². The molecule has 0 spiro atoms. The topological polar surface area (TPSA) is 34.2 Å². The third-order valence-electron chi connectivity index (χ3n) is 5.47. The van der Waals surface area contributed by atoms with E-state index in [0.717, 1.165) is 16.8 Å². The van der Waals surface area contributed by atoms with E-state index in [9.17, 15) is 22.0 Å². The van der Waals surface area contributed by atoms with Crippen molar-refractivity contribution in [3.63, 3.8) is 0 Å². The van der Waals surface area contributed by atoms with Crippen LogP contribution < -0.4 is 10.1 Å². The first-order valence-corrected chi connectivity index (χ1v) is 9.44. The molecule has 0 atom stereocenters. The Labute approximate surface area is 169 Å². The van der Waals surface area contributed by atoms with E-state index >= 15 is 0 Å². The molecule has 0 bridgehead atoms. The maximum Gasteiger partial charge on any atom is 0.419 e. The summed E-state index contributed by atoms with van der Waals surface area (Å²) in [6.07, 6.45) is -0.754. The average Bonchev–Trinajstić information content (AvgIpc) is 2.66. The van der Waals surface area contributed by atoms with Crippen LogP contribution in [0, 0.1) is 11.6 Å². The highest BCUT2D eigenvalue weighted by Gasteiger charge is 2.42. The van der Waals surface area contributed by atoms with Crippen molar-refractivity contribution >= 4 is 10.8 Å². The van der Waals surface area contributed by atoms with Gasteiger partial charge in [-0.05, 0) is 48.7 Å². The molecule has 1 aliphatic carbocycles. The summed E-state index contributed by atoms with van der Waals surface area (Å²) >= 11 is 0. The Morgan fingerprint density at radius 3 is 2.57 bits per heavy atom. The van der Waals surface area contributed by atoms with Crippen LogP contribution >= 0.6 is 0 Å². The van der Waals surface area contributed by atoms with Gasteiger partial charge in [0.1, 0.15) is 23.5 Å². The number of pyridine rings is 1. The molecule has 1 heterocycles. The molecule has 1 N–H and O–H groups in total. The summed E-state index contributed by atoms with van der Waals surface area (Å²) in [4.78, 5) is 4.04. The lowest BCUT2D eigenvalue weighted by Crippen LogP contribution is -2.56. The van der Waals surface area contributed by atoms with E-state index in [0.29, 0.717) is 31.0 Å². The average molecular weight is 422 g/mol. The molecule has 1 aromatic heterocycles. The molecule has 0 aliphatic heterocycles. The highest BCUT2D eigenvalue weighted by atomic mass is 19.4. The number of alkyl halides is 3. The smallest absolute Gasteiger partial charge is 0.419 e. The van der Waals surface area contributed by atoms with Crippen LogP contribution in [0.1, 0.15) is 30.9 Å². The maximum atomic E-state index is 14.3. The summed E-state index contributed by atoms with van der Waals surface area (Å²) in [5, 5.41) is 4.94. The zero-order chi connectivity index (χ0) is 21.5. The molecule has 1 saturated carbocycles. The lowest BCUT2D eigenvalue weighted by atomic mass is 9.75. The fraction of sp³-hybridized carbons (Fsp3) is 0.318. The van der Waals surface area contributed by atoms with Gasteiger partial charge in [0.2, 0.25) is 0 Å². The van der Waals surface area contributed by atoms with Gasteiger partial charge in [0.25, 0.3) is 0 Å². The summed E-state index contributed by atoms with van der Waals surface area (Å²) in [5.41, 5.74) is -1.16. The van der Waals surface area contributed by atoms with E-state index in [1.165, 1.54) is 12.1 Å². The van der Waals surface area contributed by atoms with Gasteiger partial charge >= 0.3 is 6.18 Å². The Hall–Kier alpha value is -2.74. The van der Waals surface area contributed by atoms with Gasteiger partial charge in [0.15, 0.2) is 0 Å². The largest absolute Gasteiger partial charge is 0.490 e. The summed E-state index contributed by atoms with van der Waals surface area (Å²) in [5.74, 6) is -1.67. The van der Waals surface area contributed by atoms with Gasteiger partial charge in [-0.3, -0.25) is 4.98 Å². The molecule has 2 aromatic carbocycles. The molecule has 3 aromatic rings. The van der Waals surface area contributed by atoms with E-state index in [-0.39, 0.29) is 23.2 Å². The molecule has 0 radical (unpaired) electrons. The molecular weight excluding hydrogens is 403 g/mol. The Morgan fingerprint density at radius 1 is 1.10 bits per heavy atom. The Morgan fingerprint density at radius 2 is 1.83 bits per heavy atom. The van der Waals surface area contributed by atoms with Crippen molar-refractivity contribution < 1.29 is 26.7 Å². The molecule has 30 heavy (non-hydrogen) atoms. The van der Waals surface area contributed by atoms with E-state index in [1.807, 2.05) is 6.92 Å². The van der Waals surface area contributed by atoms with Crippen LogP contribution in [0.15, 0.2) is 48.8 Å². The van der Waals surface area contributed by atoms with Crippen molar-refractivity contribution in [2.75, 3.05) is 0 Å². The van der Waals surface area contributed by atoms with Crippen LogP contribution in [-0.2, 0) is 12.7 Å². The number of halogens is 5.